The molecule has 3 heteroatoms. The van der Waals surface area contributed by atoms with Crippen LogP contribution in [0.1, 0.15) is 6.92 Å². The molecule has 3 nitrogen and oxygen atoms in total. The first kappa shape index (κ1) is 7.01. The van der Waals surface area contributed by atoms with Crippen LogP contribution in [0.4, 0.5) is 0 Å². The van der Waals surface area contributed by atoms with Gasteiger partial charge in [-0.1, -0.05) is 0 Å². The Morgan fingerprint density at radius 2 is 2.12 bits per heavy atom. The van der Waals surface area contributed by atoms with Gasteiger partial charge in [-0.25, -0.2) is 9.90 Å². The highest BCUT2D eigenvalue weighted by Crippen LogP contribution is 1.92. The first-order valence-electron chi connectivity index (χ1n) is 2.14. The van der Waals surface area contributed by atoms with Crippen molar-refractivity contribution < 1.29 is 14.6 Å². The predicted molar refractivity (Wildman–Crippen MR) is 26.5 cm³/mol. The third-order valence-electron chi connectivity index (χ3n) is 0.683. The van der Waals surface area contributed by atoms with Crippen LogP contribution in [0.2, 0.25) is 0 Å². The van der Waals surface area contributed by atoms with Gasteiger partial charge < -0.3 is 4.74 Å². The lowest BCUT2D eigenvalue weighted by atomic mass is 10.5. The minimum atomic E-state index is -1.28. The molecule has 0 spiro atoms. The van der Waals surface area contributed by atoms with Crippen LogP contribution >= 0.6 is 0 Å². The molecule has 0 fully saturated rings. The maximum Gasteiger partial charge on any atom is 0.420 e. The van der Waals surface area contributed by atoms with E-state index in [0.717, 1.165) is 0 Å². The minimum absolute atomic E-state index is 0.134. The van der Waals surface area contributed by atoms with E-state index in [-0.39, 0.29) is 5.76 Å². The summed E-state index contributed by atoms with van der Waals surface area (Å²) in [6, 6.07) is 0. The quantitative estimate of drug-likeness (QED) is 0.388. The molecule has 45 valence electrons. The maximum absolute atomic E-state index is 9.86. The fourth-order valence-corrected chi connectivity index (χ4v) is 0.319. The summed E-state index contributed by atoms with van der Waals surface area (Å²) in [5.41, 5.74) is 0. The molecule has 0 aromatic heterocycles. The van der Waals surface area contributed by atoms with E-state index in [1.165, 1.54) is 13.2 Å². The van der Waals surface area contributed by atoms with Crippen molar-refractivity contribution in [1.29, 1.82) is 0 Å². The molecule has 0 saturated heterocycles. The first-order valence-corrected chi connectivity index (χ1v) is 2.14. The topological polar surface area (TPSA) is 46.2 Å². The van der Waals surface area contributed by atoms with Gasteiger partial charge in [-0.3, -0.25) is 0 Å². The van der Waals surface area contributed by atoms with E-state index < -0.39 is 5.97 Å². The van der Waals surface area contributed by atoms with E-state index >= 15 is 0 Å². The van der Waals surface area contributed by atoms with E-state index in [0.29, 0.717) is 0 Å². The number of hydrogen-bond donors (Lipinski definition) is 0. The molecular formula is C5H7O3. The van der Waals surface area contributed by atoms with E-state index in [1.807, 2.05) is 0 Å². The molecule has 0 bridgehead atoms. The molecule has 0 unspecified atom stereocenters. The van der Waals surface area contributed by atoms with Crippen molar-refractivity contribution in [1.82, 2.24) is 0 Å². The van der Waals surface area contributed by atoms with Gasteiger partial charge in [0.25, 0.3) is 0 Å². The van der Waals surface area contributed by atoms with Crippen LogP contribution in [0.25, 0.3) is 0 Å². The van der Waals surface area contributed by atoms with Crippen molar-refractivity contribution in [3.63, 3.8) is 0 Å². The summed E-state index contributed by atoms with van der Waals surface area (Å²) in [6.07, 6.45) is 1.33. The zero-order chi connectivity index (χ0) is 6.57. The molecule has 0 heterocycles. The summed E-state index contributed by atoms with van der Waals surface area (Å²) >= 11 is 0. The molecule has 0 saturated carbocycles. The standard InChI is InChI=1S/C5H7O3/c1-3-4(8-2)5(6)7/h3H,1-2H3/b4-3+. The molecule has 0 aromatic carbocycles. The molecule has 0 rings (SSSR count). The third kappa shape index (κ3) is 1.64. The Kier molecular flexibility index (Phi) is 2.69. The molecule has 0 aliphatic rings. The molecule has 1 radical (unpaired) electrons. The Balaban J connectivity index is 3.92. The van der Waals surface area contributed by atoms with E-state index in [1.54, 1.807) is 6.92 Å². The van der Waals surface area contributed by atoms with Crippen molar-refractivity contribution >= 4 is 5.97 Å². The van der Waals surface area contributed by atoms with E-state index in [4.69, 9.17) is 0 Å². The van der Waals surface area contributed by atoms with Gasteiger partial charge in [0.2, 0.25) is 5.76 Å². The van der Waals surface area contributed by atoms with Crippen molar-refractivity contribution in [2.45, 2.75) is 6.92 Å². The van der Waals surface area contributed by atoms with Gasteiger partial charge in [0.15, 0.2) is 0 Å². The summed E-state index contributed by atoms with van der Waals surface area (Å²) in [4.78, 5) is 9.86. The monoisotopic (exact) mass is 115 g/mol. The maximum atomic E-state index is 9.86. The number of carbonyl (C=O) groups excluding carboxylic acids is 1. The second kappa shape index (κ2) is 3.07. The number of carbonyl (C=O) groups is 1. The van der Waals surface area contributed by atoms with Crippen molar-refractivity contribution in [2.24, 2.45) is 0 Å². The van der Waals surface area contributed by atoms with Crippen LogP contribution in [-0.2, 0) is 14.6 Å². The van der Waals surface area contributed by atoms with Crippen molar-refractivity contribution in [2.75, 3.05) is 7.11 Å². The summed E-state index contributed by atoms with van der Waals surface area (Å²) in [7, 11) is 1.28. The Hall–Kier alpha value is -0.990. The molecule has 8 heavy (non-hydrogen) atoms. The van der Waals surface area contributed by atoms with Crippen LogP contribution in [0, 0.1) is 0 Å². The fraction of sp³-hybridized carbons (Fsp3) is 0.400. The second-order valence-electron chi connectivity index (χ2n) is 1.14. The lowest BCUT2D eigenvalue weighted by Gasteiger charge is -1.92. The van der Waals surface area contributed by atoms with E-state index in [2.05, 4.69) is 4.74 Å². The molecule has 0 aliphatic carbocycles. The van der Waals surface area contributed by atoms with E-state index in [9.17, 15) is 9.90 Å². The number of allylic oxidation sites excluding steroid dienone is 1. The van der Waals surface area contributed by atoms with Gasteiger partial charge >= 0.3 is 5.97 Å². The minimum Gasteiger partial charge on any atom is -0.490 e. The number of hydrogen-bond acceptors (Lipinski definition) is 2. The number of methoxy groups -OCH3 is 1. The second-order valence-corrected chi connectivity index (χ2v) is 1.14. The Morgan fingerprint density at radius 1 is 1.62 bits per heavy atom. The Bertz CT molecular complexity index is 115. The summed E-state index contributed by atoms with van der Waals surface area (Å²) in [5.74, 6) is -1.42. The van der Waals surface area contributed by atoms with Gasteiger partial charge in [0.05, 0.1) is 7.11 Å². The van der Waals surface area contributed by atoms with Crippen molar-refractivity contribution in [3.05, 3.63) is 11.8 Å². The lowest BCUT2D eigenvalue weighted by Crippen LogP contribution is -1.99. The zero-order valence-electron chi connectivity index (χ0n) is 4.80. The Morgan fingerprint density at radius 3 is 2.12 bits per heavy atom. The smallest absolute Gasteiger partial charge is 0.420 e. The molecular weight excluding hydrogens is 108 g/mol. The van der Waals surface area contributed by atoms with Gasteiger partial charge in [-0.2, -0.15) is 0 Å². The predicted octanol–water partition coefficient (Wildman–Crippen LogP) is 0.494. The summed E-state index contributed by atoms with van der Waals surface area (Å²) in [5, 5.41) is 9.86. The Labute approximate surface area is 47.6 Å². The van der Waals surface area contributed by atoms with Crippen LogP contribution < -0.4 is 0 Å². The summed E-state index contributed by atoms with van der Waals surface area (Å²) in [6.45, 7) is 1.56. The third-order valence-corrected chi connectivity index (χ3v) is 0.683. The molecule has 0 amide bonds. The van der Waals surface area contributed by atoms with Crippen LogP contribution in [0.5, 0.6) is 0 Å². The average Bonchev–Trinajstić information content (AvgIpc) is 1.69. The molecule has 0 atom stereocenters. The SMILES string of the molecule is C/C=C(/OC)C([O])=O. The molecule has 0 aliphatic heterocycles. The largest absolute Gasteiger partial charge is 0.490 e. The summed E-state index contributed by atoms with van der Waals surface area (Å²) < 4.78 is 4.36. The van der Waals surface area contributed by atoms with Gasteiger partial charge in [0.1, 0.15) is 0 Å². The molecule has 0 N–H and O–H groups in total. The number of ether oxygens (including phenoxy) is 1. The molecule has 0 aromatic rings. The number of rotatable bonds is 2. The normalized spacial score (nSPS) is 11.0. The first-order chi connectivity index (χ1) is 3.72. The highest BCUT2D eigenvalue weighted by atomic mass is 16.5. The average molecular weight is 115 g/mol. The highest BCUT2D eigenvalue weighted by molar-refractivity contribution is 5.83. The highest BCUT2D eigenvalue weighted by Gasteiger charge is 2.05. The van der Waals surface area contributed by atoms with Gasteiger partial charge in [-0.15, -0.1) is 0 Å². The van der Waals surface area contributed by atoms with Crippen LogP contribution in [-0.4, -0.2) is 13.1 Å². The van der Waals surface area contributed by atoms with Crippen LogP contribution in [0.3, 0.4) is 0 Å². The zero-order valence-corrected chi connectivity index (χ0v) is 4.80. The fourth-order valence-electron chi connectivity index (χ4n) is 0.319. The lowest BCUT2D eigenvalue weighted by molar-refractivity contribution is -0.142. The van der Waals surface area contributed by atoms with Crippen LogP contribution in [0.15, 0.2) is 11.8 Å². The van der Waals surface area contributed by atoms with Gasteiger partial charge in [0, 0.05) is 0 Å². The van der Waals surface area contributed by atoms with Gasteiger partial charge in [-0.05, 0) is 13.0 Å². The van der Waals surface area contributed by atoms with Crippen molar-refractivity contribution in [3.8, 4) is 0 Å².